The molecule has 0 aliphatic heterocycles. The molecule has 2 aromatic rings. The van der Waals surface area contributed by atoms with E-state index in [1.54, 1.807) is 0 Å². The summed E-state index contributed by atoms with van der Waals surface area (Å²) in [6, 6.07) is 3.46. The van der Waals surface area contributed by atoms with Gasteiger partial charge < -0.3 is 16.2 Å². The number of ether oxygens (including phenoxy) is 1. The lowest BCUT2D eigenvalue weighted by Gasteiger charge is -2.12. The molecule has 0 atom stereocenters. The van der Waals surface area contributed by atoms with Crippen LogP contribution in [0.4, 0.5) is 26.3 Å². The van der Waals surface area contributed by atoms with Crippen molar-refractivity contribution >= 4 is 41.0 Å². The SMILES string of the molecule is COC(=O)c1cc(C(F)(F)F)c(Cl)cc1C.Cc1cc(Cl)c(C(F)(F)F)cc1C(=O)N=C(N)N. The van der Waals surface area contributed by atoms with E-state index in [0.29, 0.717) is 17.7 Å². The first-order valence-electron chi connectivity index (χ1n) is 8.87. The highest BCUT2D eigenvalue weighted by Crippen LogP contribution is 2.37. The molecule has 0 aromatic heterocycles. The fraction of sp³-hybridized carbons (Fsp3) is 0.250. The molecule has 0 aliphatic rings. The molecule has 0 saturated carbocycles. The zero-order chi connectivity index (χ0) is 26.6. The first-order chi connectivity index (χ1) is 15.4. The van der Waals surface area contributed by atoms with Crippen molar-refractivity contribution in [1.82, 2.24) is 0 Å². The molecule has 0 heterocycles. The average Bonchev–Trinajstić information content (AvgIpc) is 2.65. The van der Waals surface area contributed by atoms with Crippen LogP contribution >= 0.6 is 23.2 Å². The largest absolute Gasteiger partial charge is 0.465 e. The number of benzene rings is 2. The van der Waals surface area contributed by atoms with Crippen LogP contribution in [0.1, 0.15) is 43.0 Å². The standard InChI is InChI=1S/C10H9ClF3N3O.C10H8ClF3O2/c1-4-2-7(11)6(10(12,13)14)3-5(4)8(18)17-9(15)16;1-5-3-8(11)7(10(12,13)14)4-6(5)9(15)16-2/h2-3H,1H3,(H4,15,16,17,18);3-4H,1-2H3. The van der Waals surface area contributed by atoms with E-state index in [2.05, 4.69) is 9.73 Å². The van der Waals surface area contributed by atoms with Gasteiger partial charge in [0.25, 0.3) is 5.91 Å². The summed E-state index contributed by atoms with van der Waals surface area (Å²) in [6.45, 7) is 2.92. The van der Waals surface area contributed by atoms with E-state index in [4.69, 9.17) is 34.7 Å². The van der Waals surface area contributed by atoms with E-state index < -0.39 is 51.4 Å². The van der Waals surface area contributed by atoms with Gasteiger partial charge in [0.1, 0.15) is 0 Å². The smallest absolute Gasteiger partial charge is 0.417 e. The van der Waals surface area contributed by atoms with Crippen molar-refractivity contribution in [2.75, 3.05) is 7.11 Å². The summed E-state index contributed by atoms with van der Waals surface area (Å²) in [5.74, 6) is -2.29. The van der Waals surface area contributed by atoms with E-state index in [9.17, 15) is 35.9 Å². The lowest BCUT2D eigenvalue weighted by atomic mass is 10.0. The van der Waals surface area contributed by atoms with Crippen LogP contribution in [0.15, 0.2) is 29.3 Å². The first-order valence-corrected chi connectivity index (χ1v) is 9.62. The number of nitrogens with two attached hydrogens (primary N) is 2. The van der Waals surface area contributed by atoms with Crippen molar-refractivity contribution in [3.8, 4) is 0 Å². The van der Waals surface area contributed by atoms with Crippen LogP contribution in [0, 0.1) is 13.8 Å². The summed E-state index contributed by atoms with van der Waals surface area (Å²) in [5.41, 5.74) is 8.04. The number of hydrogen-bond acceptors (Lipinski definition) is 3. The molecular weight excluding hydrogens is 515 g/mol. The van der Waals surface area contributed by atoms with E-state index in [1.807, 2.05) is 0 Å². The van der Waals surface area contributed by atoms with Crippen molar-refractivity contribution in [3.63, 3.8) is 0 Å². The number of aliphatic imine (C=N–C) groups is 1. The highest BCUT2D eigenvalue weighted by atomic mass is 35.5. The minimum absolute atomic E-state index is 0.140. The second kappa shape index (κ2) is 11.0. The van der Waals surface area contributed by atoms with Gasteiger partial charge in [-0.3, -0.25) is 4.79 Å². The second-order valence-corrected chi connectivity index (χ2v) is 7.44. The maximum absolute atomic E-state index is 12.6. The number of amides is 1. The molecule has 4 N–H and O–H groups in total. The number of aryl methyl sites for hydroxylation is 2. The maximum atomic E-state index is 12.6. The van der Waals surface area contributed by atoms with E-state index >= 15 is 0 Å². The summed E-state index contributed by atoms with van der Waals surface area (Å²) < 4.78 is 79.7. The molecule has 14 heteroatoms. The number of nitrogens with zero attached hydrogens (tertiary/aromatic N) is 1. The number of esters is 1. The number of hydrogen-bond donors (Lipinski definition) is 2. The van der Waals surface area contributed by atoms with Crippen LogP contribution in [-0.2, 0) is 17.1 Å². The van der Waals surface area contributed by atoms with Crippen molar-refractivity contribution in [1.29, 1.82) is 0 Å². The zero-order valence-electron chi connectivity index (χ0n) is 17.7. The number of halogens is 8. The predicted molar refractivity (Wildman–Crippen MR) is 114 cm³/mol. The normalized spacial score (nSPS) is 11.3. The monoisotopic (exact) mass is 531 g/mol. The Morgan fingerprint density at radius 3 is 1.56 bits per heavy atom. The van der Waals surface area contributed by atoms with E-state index in [0.717, 1.165) is 19.2 Å². The third-order valence-electron chi connectivity index (χ3n) is 4.11. The quantitative estimate of drug-likeness (QED) is 0.229. The van der Waals surface area contributed by atoms with Crippen molar-refractivity contribution in [2.45, 2.75) is 26.2 Å². The molecule has 2 aromatic carbocycles. The van der Waals surface area contributed by atoms with Crippen LogP contribution in [0.5, 0.6) is 0 Å². The van der Waals surface area contributed by atoms with Crippen molar-refractivity contribution in [3.05, 3.63) is 67.7 Å². The van der Waals surface area contributed by atoms with Crippen LogP contribution in [0.2, 0.25) is 10.0 Å². The fourth-order valence-electron chi connectivity index (χ4n) is 2.52. The number of methoxy groups -OCH3 is 1. The Balaban J connectivity index is 0.000000342. The predicted octanol–water partition coefficient (Wildman–Crippen LogP) is 5.53. The lowest BCUT2D eigenvalue weighted by Crippen LogP contribution is -2.24. The number of alkyl halides is 6. The van der Waals surface area contributed by atoms with Crippen LogP contribution in [-0.4, -0.2) is 24.9 Å². The molecular formula is C20H17Cl2F6N3O3. The minimum Gasteiger partial charge on any atom is -0.465 e. The molecule has 0 unspecified atom stereocenters. The van der Waals surface area contributed by atoms with E-state index in [1.165, 1.54) is 13.8 Å². The van der Waals surface area contributed by atoms with Crippen LogP contribution < -0.4 is 11.5 Å². The third kappa shape index (κ3) is 7.52. The Hall–Kier alpha value is -2.99. The molecule has 0 radical (unpaired) electrons. The number of carbonyl (C=O) groups is 2. The minimum atomic E-state index is -4.65. The van der Waals surface area contributed by atoms with Gasteiger partial charge in [-0.25, -0.2) is 4.79 Å². The van der Waals surface area contributed by atoms with Gasteiger partial charge >= 0.3 is 18.3 Å². The van der Waals surface area contributed by atoms with Gasteiger partial charge in [0.05, 0.1) is 33.8 Å². The molecule has 34 heavy (non-hydrogen) atoms. The van der Waals surface area contributed by atoms with Gasteiger partial charge in [0, 0.05) is 5.56 Å². The van der Waals surface area contributed by atoms with Crippen molar-refractivity contribution in [2.24, 2.45) is 16.5 Å². The third-order valence-corrected chi connectivity index (χ3v) is 4.73. The molecule has 1 amide bonds. The molecule has 0 bridgehead atoms. The molecule has 0 saturated heterocycles. The summed E-state index contributed by atoms with van der Waals surface area (Å²) >= 11 is 10.9. The Kier molecular flexibility index (Phi) is 9.36. The Morgan fingerprint density at radius 2 is 1.21 bits per heavy atom. The second-order valence-electron chi connectivity index (χ2n) is 6.62. The molecule has 2 rings (SSSR count). The van der Waals surface area contributed by atoms with Gasteiger partial charge in [-0.15, -0.1) is 0 Å². The molecule has 0 fully saturated rings. The number of guanidine groups is 1. The highest BCUT2D eigenvalue weighted by Gasteiger charge is 2.35. The fourth-order valence-corrected chi connectivity index (χ4v) is 3.17. The van der Waals surface area contributed by atoms with E-state index in [-0.39, 0.29) is 16.7 Å². The zero-order valence-corrected chi connectivity index (χ0v) is 19.2. The maximum Gasteiger partial charge on any atom is 0.417 e. The first kappa shape index (κ1) is 29.0. The summed E-state index contributed by atoms with van der Waals surface area (Å²) in [5, 5.41) is -0.918. The average molecular weight is 532 g/mol. The van der Waals surface area contributed by atoms with Gasteiger partial charge in [0.2, 0.25) is 0 Å². The highest BCUT2D eigenvalue weighted by molar-refractivity contribution is 6.32. The van der Waals surface area contributed by atoms with Gasteiger partial charge in [-0.05, 0) is 49.2 Å². The Labute approximate surface area is 199 Å². The van der Waals surface area contributed by atoms with Gasteiger partial charge in [0.15, 0.2) is 5.96 Å². The van der Waals surface area contributed by atoms with Crippen LogP contribution in [0.25, 0.3) is 0 Å². The number of rotatable bonds is 2. The Morgan fingerprint density at radius 1 is 0.824 bits per heavy atom. The van der Waals surface area contributed by atoms with Crippen molar-refractivity contribution < 1.29 is 40.7 Å². The molecule has 6 nitrogen and oxygen atoms in total. The van der Waals surface area contributed by atoms with Gasteiger partial charge in [-0.2, -0.15) is 31.3 Å². The molecule has 0 aliphatic carbocycles. The Bertz CT molecular complexity index is 1130. The number of carbonyl (C=O) groups excluding carboxylic acids is 2. The summed E-state index contributed by atoms with van der Waals surface area (Å²) in [4.78, 5) is 25.9. The lowest BCUT2D eigenvalue weighted by molar-refractivity contribution is -0.138. The summed E-state index contributed by atoms with van der Waals surface area (Å²) in [7, 11) is 1.10. The molecule has 0 spiro atoms. The summed E-state index contributed by atoms with van der Waals surface area (Å²) in [6.07, 6.45) is -9.24. The molecule has 186 valence electrons. The topological polar surface area (TPSA) is 108 Å². The van der Waals surface area contributed by atoms with Gasteiger partial charge in [-0.1, -0.05) is 23.2 Å². The van der Waals surface area contributed by atoms with Crippen LogP contribution in [0.3, 0.4) is 0 Å².